The summed E-state index contributed by atoms with van der Waals surface area (Å²) in [5.41, 5.74) is 14.2. The van der Waals surface area contributed by atoms with Gasteiger partial charge < -0.3 is 36.3 Å². The molecule has 0 spiro atoms. The summed E-state index contributed by atoms with van der Waals surface area (Å²) in [6.45, 7) is 0.415. The van der Waals surface area contributed by atoms with Crippen molar-refractivity contribution in [2.45, 2.75) is 37.9 Å². The molecule has 2 atom stereocenters. The number of para-hydroxylation sites is 1. The van der Waals surface area contributed by atoms with Gasteiger partial charge in [-0.2, -0.15) is 0 Å². The molecule has 48 heavy (non-hydrogen) atoms. The zero-order valence-electron chi connectivity index (χ0n) is 26.5. The Balaban J connectivity index is 1.59. The molecule has 0 aromatic heterocycles. The molecule has 0 radical (unpaired) electrons. The average molecular weight is 672 g/mol. The van der Waals surface area contributed by atoms with Crippen LogP contribution in [-0.2, 0) is 27.3 Å². The van der Waals surface area contributed by atoms with Crippen LogP contribution in [0.1, 0.15) is 29.5 Å². The van der Waals surface area contributed by atoms with Crippen LogP contribution in [0.4, 0.5) is 5.69 Å². The Morgan fingerprint density at radius 3 is 2.35 bits per heavy atom. The summed E-state index contributed by atoms with van der Waals surface area (Å²) in [4.78, 5) is 49.6. The zero-order valence-corrected chi connectivity index (χ0v) is 27.3. The Labute approximate surface area is 282 Å². The van der Waals surface area contributed by atoms with E-state index in [-0.39, 0.29) is 59.2 Å². The van der Waals surface area contributed by atoms with Gasteiger partial charge in [-0.3, -0.25) is 24.7 Å². The van der Waals surface area contributed by atoms with E-state index in [2.05, 4.69) is 5.32 Å². The van der Waals surface area contributed by atoms with Crippen molar-refractivity contribution < 1.29 is 29.0 Å². The second kappa shape index (κ2) is 14.9. The number of ether oxygens (including phenoxy) is 2. The quantitative estimate of drug-likeness (QED) is 0.0881. The van der Waals surface area contributed by atoms with Crippen LogP contribution in [-0.4, -0.2) is 76.6 Å². The highest BCUT2D eigenvalue weighted by molar-refractivity contribution is 8.18. The van der Waals surface area contributed by atoms with Gasteiger partial charge in [0.25, 0.3) is 5.91 Å². The summed E-state index contributed by atoms with van der Waals surface area (Å²) in [6, 6.07) is 17.7. The monoisotopic (exact) mass is 671 g/mol. The molecule has 0 saturated carbocycles. The largest absolute Gasteiger partial charge is 0.502 e. The average Bonchev–Trinajstić information content (AvgIpc) is 3.37. The topological polar surface area (TPSA) is 197 Å². The number of thioether (sulfide) groups is 1. The number of carbonyl (C=O) groups is 3. The Hall–Kier alpha value is -5.50. The van der Waals surface area contributed by atoms with Gasteiger partial charge in [0.1, 0.15) is 12.1 Å². The van der Waals surface area contributed by atoms with Crippen LogP contribution in [0.25, 0.3) is 6.08 Å². The molecule has 2 heterocycles. The predicted molar refractivity (Wildman–Crippen MR) is 184 cm³/mol. The number of aromatic hydroxyl groups is 1. The molecule has 3 aromatic carbocycles. The number of methoxy groups -OCH3 is 2. The second-order valence-corrected chi connectivity index (χ2v) is 12.2. The molecule has 2 aliphatic heterocycles. The van der Waals surface area contributed by atoms with Crippen molar-refractivity contribution in [2.24, 2.45) is 16.5 Å². The van der Waals surface area contributed by atoms with E-state index < -0.39 is 29.8 Å². The number of hydrogen-bond acceptors (Lipinski definition) is 9. The number of nitrogens with two attached hydrogens (primary N) is 2. The van der Waals surface area contributed by atoms with Crippen LogP contribution in [0, 0.1) is 5.41 Å². The lowest BCUT2D eigenvalue weighted by atomic mass is 9.92. The minimum atomic E-state index is -1.08. The fourth-order valence-electron chi connectivity index (χ4n) is 5.68. The number of fused-ring (bicyclic) bond motifs is 1. The Bertz CT molecular complexity index is 1760. The number of benzene rings is 3. The third kappa shape index (κ3) is 7.39. The van der Waals surface area contributed by atoms with E-state index >= 15 is 0 Å². The second-order valence-electron chi connectivity index (χ2n) is 11.1. The number of carbonyl (C=O) groups excluding carboxylic acids is 3. The molecule has 14 heteroatoms. The number of nitrogens with zero attached hydrogens (tertiary/aromatic N) is 3. The van der Waals surface area contributed by atoms with Crippen molar-refractivity contribution in [3.63, 3.8) is 0 Å². The van der Waals surface area contributed by atoms with Crippen LogP contribution >= 0.6 is 11.8 Å². The third-order valence-electron chi connectivity index (χ3n) is 8.04. The van der Waals surface area contributed by atoms with Crippen molar-refractivity contribution in [1.82, 2.24) is 15.1 Å². The number of rotatable bonds is 11. The maximum atomic E-state index is 14.6. The van der Waals surface area contributed by atoms with E-state index in [1.165, 1.54) is 24.0 Å². The maximum Gasteiger partial charge on any atom is 0.267 e. The van der Waals surface area contributed by atoms with E-state index in [4.69, 9.17) is 31.3 Å². The molecular weight excluding hydrogens is 634 g/mol. The number of primary amides is 1. The molecule has 1 unspecified atom stereocenters. The number of hydrogen-bond donors (Lipinski definition) is 5. The minimum Gasteiger partial charge on any atom is -0.502 e. The van der Waals surface area contributed by atoms with Gasteiger partial charge in [-0.05, 0) is 71.6 Å². The molecule has 2 aliphatic rings. The number of amidine groups is 1. The molecule has 3 aromatic rings. The highest BCUT2D eigenvalue weighted by Gasteiger charge is 2.45. The fourth-order valence-corrected chi connectivity index (χ4v) is 6.72. The summed E-state index contributed by atoms with van der Waals surface area (Å²) in [6.07, 6.45) is 2.39. The number of phenolic OH excluding ortho intramolecular Hbond substituents is 1. The molecule has 3 amide bonds. The standard InChI is InChI=1S/C34H37N7O6S/c1-46-26-15-20(16-27(47-2)29(26)42)17-28-32(45)41(34(48-28)39-23-11-4-3-5-12-23)24(13-8-14-38-33(36)37)31(44)40-19-22-10-7-6-9-21(22)18-25(40)30(35)43/h3-7,9-12,15-17,24-25,42H,8,13-14,18-19H2,1-2H3,(H2,35,43)(H4,36,37,38)/t24?,25-/m0/s1. The lowest BCUT2D eigenvalue weighted by molar-refractivity contribution is -0.146. The van der Waals surface area contributed by atoms with Crippen molar-refractivity contribution in [3.8, 4) is 17.2 Å². The number of guanidine groups is 1. The first-order chi connectivity index (χ1) is 23.1. The summed E-state index contributed by atoms with van der Waals surface area (Å²) < 4.78 is 10.6. The molecule has 13 nitrogen and oxygen atoms in total. The van der Waals surface area contributed by atoms with Gasteiger partial charge in [-0.1, -0.05) is 42.5 Å². The van der Waals surface area contributed by atoms with Crippen LogP contribution in [0.3, 0.4) is 0 Å². The maximum absolute atomic E-state index is 14.6. The molecule has 0 aliphatic carbocycles. The van der Waals surface area contributed by atoms with Crippen molar-refractivity contribution in [3.05, 3.63) is 88.3 Å². The first-order valence-corrected chi connectivity index (χ1v) is 16.0. The Kier molecular flexibility index (Phi) is 10.5. The Morgan fingerprint density at radius 1 is 1.08 bits per heavy atom. The van der Waals surface area contributed by atoms with Gasteiger partial charge >= 0.3 is 0 Å². The minimum absolute atomic E-state index is 0.140. The number of amides is 3. The highest BCUT2D eigenvalue weighted by atomic mass is 32.2. The fraction of sp³-hybridized carbons (Fsp3) is 0.265. The molecule has 5 rings (SSSR count). The molecule has 1 saturated heterocycles. The Morgan fingerprint density at radius 2 is 1.73 bits per heavy atom. The van der Waals surface area contributed by atoms with Gasteiger partial charge in [0.05, 0.1) is 24.8 Å². The van der Waals surface area contributed by atoms with Crippen LogP contribution in [0.2, 0.25) is 0 Å². The van der Waals surface area contributed by atoms with E-state index in [1.54, 1.807) is 30.3 Å². The molecule has 0 bridgehead atoms. The summed E-state index contributed by atoms with van der Waals surface area (Å²) >= 11 is 1.09. The normalized spacial score (nSPS) is 18.0. The highest BCUT2D eigenvalue weighted by Crippen LogP contribution is 2.41. The zero-order chi connectivity index (χ0) is 34.4. The van der Waals surface area contributed by atoms with Gasteiger partial charge in [0.15, 0.2) is 22.6 Å². The lowest BCUT2D eigenvalue weighted by Crippen LogP contribution is -2.57. The van der Waals surface area contributed by atoms with E-state index in [0.29, 0.717) is 17.7 Å². The summed E-state index contributed by atoms with van der Waals surface area (Å²) in [7, 11) is 2.81. The smallest absolute Gasteiger partial charge is 0.267 e. The van der Waals surface area contributed by atoms with Gasteiger partial charge in [0, 0.05) is 19.5 Å². The van der Waals surface area contributed by atoms with Crippen LogP contribution in [0.15, 0.2) is 76.6 Å². The molecule has 1 fully saturated rings. The first kappa shape index (κ1) is 33.9. The SMILES string of the molecule is COc1cc(C=C2SC(=Nc3ccccc3)N(C(CCCNC(=N)N)C(=O)N3Cc4ccccc4C[C@H]3C(N)=O)C2=O)cc(OC)c1O. The molecule has 250 valence electrons. The van der Waals surface area contributed by atoms with E-state index in [1.807, 2.05) is 42.5 Å². The lowest BCUT2D eigenvalue weighted by Gasteiger charge is -2.39. The summed E-state index contributed by atoms with van der Waals surface area (Å²) in [5.74, 6) is -1.68. The first-order valence-electron chi connectivity index (χ1n) is 15.2. The molecule has 7 N–H and O–H groups in total. The predicted octanol–water partition coefficient (Wildman–Crippen LogP) is 3.08. The van der Waals surface area contributed by atoms with Crippen LogP contribution in [0.5, 0.6) is 17.2 Å². The summed E-state index contributed by atoms with van der Waals surface area (Å²) in [5, 5.41) is 21.0. The van der Waals surface area contributed by atoms with Crippen molar-refractivity contribution >= 4 is 52.4 Å². The van der Waals surface area contributed by atoms with Crippen LogP contribution < -0.4 is 26.3 Å². The number of nitrogens with one attached hydrogen (secondary N) is 2. The number of aliphatic imine (C=N–C) groups is 1. The van der Waals surface area contributed by atoms with E-state index in [0.717, 1.165) is 22.9 Å². The van der Waals surface area contributed by atoms with E-state index in [9.17, 15) is 19.5 Å². The van der Waals surface area contributed by atoms with Crippen molar-refractivity contribution in [1.29, 1.82) is 5.41 Å². The number of phenols is 1. The third-order valence-corrected chi connectivity index (χ3v) is 9.03. The van der Waals surface area contributed by atoms with Gasteiger partial charge in [-0.15, -0.1) is 0 Å². The van der Waals surface area contributed by atoms with Gasteiger partial charge in [0.2, 0.25) is 17.6 Å². The van der Waals surface area contributed by atoms with Crippen molar-refractivity contribution in [2.75, 3.05) is 20.8 Å². The van der Waals surface area contributed by atoms with Gasteiger partial charge in [-0.25, -0.2) is 4.99 Å². The molecular formula is C34H37N7O6S.